The number of anilines is 1. The van der Waals surface area contributed by atoms with E-state index in [9.17, 15) is 0 Å². The molecule has 0 amide bonds. The summed E-state index contributed by atoms with van der Waals surface area (Å²) in [5.41, 5.74) is 7.61. The van der Waals surface area contributed by atoms with Crippen molar-refractivity contribution in [2.75, 3.05) is 18.0 Å². The molecule has 106 valence electrons. The Balaban J connectivity index is 2.15. The molecule has 0 radical (unpaired) electrons. The van der Waals surface area contributed by atoms with Gasteiger partial charge in [-0.25, -0.2) is 4.98 Å². The van der Waals surface area contributed by atoms with Gasteiger partial charge in [-0.1, -0.05) is 26.8 Å². The maximum Gasteiger partial charge on any atom is 0.131 e. The number of hydrogen-bond donors (Lipinski definition) is 1. The molecule has 1 aromatic rings. The van der Waals surface area contributed by atoms with Gasteiger partial charge in [0.1, 0.15) is 5.82 Å². The van der Waals surface area contributed by atoms with Gasteiger partial charge >= 0.3 is 0 Å². The Bertz CT molecular complexity index is 420. The predicted molar refractivity (Wildman–Crippen MR) is 81.4 cm³/mol. The summed E-state index contributed by atoms with van der Waals surface area (Å²) in [5, 5.41) is 0. The van der Waals surface area contributed by atoms with Gasteiger partial charge in [0, 0.05) is 25.3 Å². The second-order valence-electron chi connectivity index (χ2n) is 6.97. The summed E-state index contributed by atoms with van der Waals surface area (Å²) in [7, 11) is 0. The molecule has 1 aromatic heterocycles. The van der Waals surface area contributed by atoms with Crippen LogP contribution in [0.25, 0.3) is 0 Å². The van der Waals surface area contributed by atoms with Gasteiger partial charge in [0.25, 0.3) is 0 Å². The van der Waals surface area contributed by atoms with Gasteiger partial charge in [0.05, 0.1) is 0 Å². The fraction of sp³-hybridized carbons (Fsp3) is 0.688. The molecule has 19 heavy (non-hydrogen) atoms. The molecule has 2 heterocycles. The molecule has 0 aliphatic carbocycles. The first-order valence-electron chi connectivity index (χ1n) is 7.32. The smallest absolute Gasteiger partial charge is 0.131 e. The largest absolute Gasteiger partial charge is 0.356 e. The first-order valence-corrected chi connectivity index (χ1v) is 7.32. The standard InChI is InChI=1S/C16H27N3/c1-12(17)10-13-6-5-8-18-15(13)19-9-7-14(11-19)16(2,3)4/h5-6,8,12,14H,7,9-11,17H2,1-4H3. The maximum atomic E-state index is 5.94. The van der Waals surface area contributed by atoms with Gasteiger partial charge in [-0.3, -0.25) is 0 Å². The summed E-state index contributed by atoms with van der Waals surface area (Å²) < 4.78 is 0. The van der Waals surface area contributed by atoms with E-state index >= 15 is 0 Å². The highest BCUT2D eigenvalue weighted by atomic mass is 15.2. The van der Waals surface area contributed by atoms with Crippen molar-refractivity contribution in [2.45, 2.75) is 46.6 Å². The lowest BCUT2D eigenvalue weighted by Gasteiger charge is -2.28. The average Bonchev–Trinajstić information content (AvgIpc) is 2.77. The molecule has 2 N–H and O–H groups in total. The quantitative estimate of drug-likeness (QED) is 0.909. The first kappa shape index (κ1) is 14.3. The van der Waals surface area contributed by atoms with Crippen LogP contribution in [0, 0.1) is 11.3 Å². The fourth-order valence-electron chi connectivity index (χ4n) is 2.88. The van der Waals surface area contributed by atoms with E-state index < -0.39 is 0 Å². The Hall–Kier alpha value is -1.09. The molecule has 0 saturated carbocycles. The number of pyridine rings is 1. The van der Waals surface area contributed by atoms with Crippen LogP contribution in [0.3, 0.4) is 0 Å². The van der Waals surface area contributed by atoms with Crippen molar-refractivity contribution in [3.63, 3.8) is 0 Å². The molecular formula is C16H27N3. The highest BCUT2D eigenvalue weighted by molar-refractivity contribution is 5.48. The summed E-state index contributed by atoms with van der Waals surface area (Å²) >= 11 is 0. The molecule has 1 fully saturated rings. The molecular weight excluding hydrogens is 234 g/mol. The van der Waals surface area contributed by atoms with Crippen molar-refractivity contribution in [3.8, 4) is 0 Å². The van der Waals surface area contributed by atoms with Gasteiger partial charge in [0.2, 0.25) is 0 Å². The first-order chi connectivity index (χ1) is 8.88. The lowest BCUT2D eigenvalue weighted by molar-refractivity contribution is 0.263. The molecule has 1 saturated heterocycles. The molecule has 1 aliphatic heterocycles. The van der Waals surface area contributed by atoms with E-state index in [1.165, 1.54) is 12.0 Å². The third kappa shape index (κ3) is 3.47. The van der Waals surface area contributed by atoms with Crippen molar-refractivity contribution in [2.24, 2.45) is 17.1 Å². The Morgan fingerprint density at radius 2 is 2.21 bits per heavy atom. The number of nitrogens with zero attached hydrogens (tertiary/aromatic N) is 2. The van der Waals surface area contributed by atoms with E-state index in [1.807, 2.05) is 12.3 Å². The third-order valence-corrected chi connectivity index (χ3v) is 4.12. The van der Waals surface area contributed by atoms with E-state index in [1.54, 1.807) is 0 Å². The van der Waals surface area contributed by atoms with E-state index in [0.29, 0.717) is 5.41 Å². The van der Waals surface area contributed by atoms with Crippen molar-refractivity contribution < 1.29 is 0 Å². The minimum absolute atomic E-state index is 0.184. The fourth-order valence-corrected chi connectivity index (χ4v) is 2.88. The van der Waals surface area contributed by atoms with Crippen molar-refractivity contribution in [1.29, 1.82) is 0 Å². The molecule has 0 bridgehead atoms. The Kier molecular flexibility index (Phi) is 4.14. The van der Waals surface area contributed by atoms with Crippen LogP contribution >= 0.6 is 0 Å². The normalized spacial score (nSPS) is 21.7. The van der Waals surface area contributed by atoms with Crippen LogP contribution in [-0.4, -0.2) is 24.1 Å². The third-order valence-electron chi connectivity index (χ3n) is 4.12. The topological polar surface area (TPSA) is 42.1 Å². The summed E-state index contributed by atoms with van der Waals surface area (Å²) in [6, 6.07) is 4.36. The molecule has 3 heteroatoms. The summed E-state index contributed by atoms with van der Waals surface area (Å²) in [6.07, 6.45) is 4.06. The average molecular weight is 261 g/mol. The van der Waals surface area contributed by atoms with Gasteiger partial charge in [0.15, 0.2) is 0 Å². The second kappa shape index (κ2) is 5.49. The van der Waals surface area contributed by atoms with Crippen LogP contribution in [0.15, 0.2) is 18.3 Å². The minimum atomic E-state index is 0.184. The number of aromatic nitrogens is 1. The van der Waals surface area contributed by atoms with Gasteiger partial charge < -0.3 is 10.6 Å². The number of hydrogen-bond acceptors (Lipinski definition) is 3. The molecule has 0 spiro atoms. The van der Waals surface area contributed by atoms with Crippen molar-refractivity contribution in [3.05, 3.63) is 23.9 Å². The van der Waals surface area contributed by atoms with E-state index in [2.05, 4.69) is 43.6 Å². The van der Waals surface area contributed by atoms with E-state index in [-0.39, 0.29) is 6.04 Å². The van der Waals surface area contributed by atoms with Crippen LogP contribution in [0.4, 0.5) is 5.82 Å². The lowest BCUT2D eigenvalue weighted by Crippen LogP contribution is -2.28. The second-order valence-corrected chi connectivity index (χ2v) is 6.97. The minimum Gasteiger partial charge on any atom is -0.356 e. The van der Waals surface area contributed by atoms with Crippen LogP contribution in [0.2, 0.25) is 0 Å². The van der Waals surface area contributed by atoms with Crippen LogP contribution in [0.1, 0.15) is 39.7 Å². The summed E-state index contributed by atoms with van der Waals surface area (Å²) in [6.45, 7) is 11.3. The van der Waals surface area contributed by atoms with Crippen LogP contribution in [-0.2, 0) is 6.42 Å². The molecule has 2 rings (SSSR count). The highest BCUT2D eigenvalue weighted by Crippen LogP contribution is 2.35. The van der Waals surface area contributed by atoms with Gasteiger partial charge in [-0.15, -0.1) is 0 Å². The van der Waals surface area contributed by atoms with Crippen molar-refractivity contribution >= 4 is 5.82 Å². The number of rotatable bonds is 3. The zero-order valence-corrected chi connectivity index (χ0v) is 12.7. The summed E-state index contributed by atoms with van der Waals surface area (Å²) in [4.78, 5) is 7.04. The summed E-state index contributed by atoms with van der Waals surface area (Å²) in [5.74, 6) is 1.89. The predicted octanol–water partition coefficient (Wildman–Crippen LogP) is 2.84. The Labute approximate surface area is 117 Å². The molecule has 1 aliphatic rings. The molecule has 2 unspecified atom stereocenters. The molecule has 2 atom stereocenters. The monoisotopic (exact) mass is 261 g/mol. The Morgan fingerprint density at radius 3 is 2.79 bits per heavy atom. The highest BCUT2D eigenvalue weighted by Gasteiger charge is 2.32. The molecule has 0 aromatic carbocycles. The van der Waals surface area contributed by atoms with Gasteiger partial charge in [-0.05, 0) is 42.7 Å². The maximum absolute atomic E-state index is 5.94. The zero-order valence-electron chi connectivity index (χ0n) is 12.7. The molecule has 3 nitrogen and oxygen atoms in total. The van der Waals surface area contributed by atoms with Crippen LogP contribution in [0.5, 0.6) is 0 Å². The number of nitrogens with two attached hydrogens (primary N) is 1. The SMILES string of the molecule is CC(N)Cc1cccnc1N1CCC(C(C)(C)C)C1. The van der Waals surface area contributed by atoms with E-state index in [0.717, 1.165) is 31.2 Å². The Morgan fingerprint density at radius 1 is 1.47 bits per heavy atom. The lowest BCUT2D eigenvalue weighted by atomic mass is 9.80. The zero-order chi connectivity index (χ0) is 14.0. The van der Waals surface area contributed by atoms with Crippen LogP contribution < -0.4 is 10.6 Å². The van der Waals surface area contributed by atoms with Crippen molar-refractivity contribution in [1.82, 2.24) is 4.98 Å². The van der Waals surface area contributed by atoms with Gasteiger partial charge in [-0.2, -0.15) is 0 Å². The van der Waals surface area contributed by atoms with E-state index in [4.69, 9.17) is 5.73 Å².